The van der Waals surface area contributed by atoms with E-state index in [2.05, 4.69) is 17.2 Å². The Morgan fingerprint density at radius 1 is 1.19 bits per heavy atom. The first kappa shape index (κ1) is 21.1. The Bertz CT molecular complexity index is 677. The number of carbonyl (C=O) groups excluding carboxylic acids is 2. The highest BCUT2D eigenvalue weighted by Crippen LogP contribution is 2.10. The minimum atomic E-state index is -0.239. The number of hydrogen-bond donors (Lipinski definition) is 1. The first-order chi connectivity index (χ1) is 13.2. The third-order valence-electron chi connectivity index (χ3n) is 3.98. The maximum absolute atomic E-state index is 12.5. The van der Waals surface area contributed by atoms with Gasteiger partial charge in [-0.2, -0.15) is 0 Å². The van der Waals surface area contributed by atoms with Crippen LogP contribution in [0.15, 0.2) is 41.9 Å². The predicted molar refractivity (Wildman–Crippen MR) is 108 cm³/mol. The number of nitrogens with one attached hydrogen (secondary N) is 1. The summed E-state index contributed by atoms with van der Waals surface area (Å²) in [6.45, 7) is 3.05. The molecule has 6 nitrogen and oxygen atoms in total. The van der Waals surface area contributed by atoms with Gasteiger partial charge in [0.2, 0.25) is 11.8 Å². The fourth-order valence-electron chi connectivity index (χ4n) is 2.56. The first-order valence-corrected chi connectivity index (χ1v) is 10.2. The average molecular weight is 390 g/mol. The highest BCUT2D eigenvalue weighted by Gasteiger charge is 2.17. The number of aromatic nitrogens is 1. The van der Waals surface area contributed by atoms with Crippen molar-refractivity contribution in [2.45, 2.75) is 39.2 Å². The lowest BCUT2D eigenvalue weighted by Crippen LogP contribution is -2.40. The highest BCUT2D eigenvalue weighted by atomic mass is 32.1. The molecular weight excluding hydrogens is 362 g/mol. The van der Waals surface area contributed by atoms with Crippen LogP contribution in [0.3, 0.4) is 0 Å². The molecule has 0 atom stereocenters. The molecule has 2 amide bonds. The summed E-state index contributed by atoms with van der Waals surface area (Å²) in [5, 5.41) is 5.06. The molecule has 27 heavy (non-hydrogen) atoms. The molecule has 2 rings (SSSR count). The molecule has 0 unspecified atom stereocenters. The van der Waals surface area contributed by atoms with E-state index in [1.54, 1.807) is 16.5 Å². The number of carbonyl (C=O) groups is 2. The van der Waals surface area contributed by atoms with Gasteiger partial charge in [-0.05, 0) is 12.0 Å². The number of unbranched alkanes of at least 4 members (excludes halogenated alkanes) is 3. The van der Waals surface area contributed by atoms with Crippen LogP contribution in [0.2, 0.25) is 0 Å². The van der Waals surface area contributed by atoms with Crippen molar-refractivity contribution in [2.24, 2.45) is 0 Å². The van der Waals surface area contributed by atoms with Crippen molar-refractivity contribution >= 4 is 28.3 Å². The lowest BCUT2D eigenvalue weighted by atomic mass is 10.2. The van der Waals surface area contributed by atoms with E-state index < -0.39 is 0 Å². The molecule has 0 saturated heterocycles. The van der Waals surface area contributed by atoms with E-state index in [0.717, 1.165) is 31.2 Å². The van der Waals surface area contributed by atoms with E-state index >= 15 is 0 Å². The van der Waals surface area contributed by atoms with E-state index in [4.69, 9.17) is 4.74 Å². The van der Waals surface area contributed by atoms with Crippen LogP contribution in [0.25, 0.3) is 0 Å². The molecule has 1 aromatic carbocycles. The lowest BCUT2D eigenvalue weighted by Gasteiger charge is -2.22. The second-order valence-electron chi connectivity index (χ2n) is 6.24. The van der Waals surface area contributed by atoms with Crippen LogP contribution in [0.1, 0.15) is 38.2 Å². The molecule has 1 N–H and O–H groups in total. The minimum absolute atomic E-state index is 0.0131. The maximum Gasteiger partial charge on any atom is 0.249 e. The Hall–Kier alpha value is -2.25. The summed E-state index contributed by atoms with van der Waals surface area (Å²) in [6, 6.07) is 9.71. The van der Waals surface area contributed by atoms with Crippen molar-refractivity contribution in [3.63, 3.8) is 0 Å². The highest BCUT2D eigenvalue weighted by molar-refractivity contribution is 7.13. The molecule has 0 aliphatic heterocycles. The number of nitrogens with zero attached hydrogens (tertiary/aromatic N) is 2. The summed E-state index contributed by atoms with van der Waals surface area (Å²) in [4.78, 5) is 30.4. The molecule has 1 aromatic heterocycles. The largest absolute Gasteiger partial charge is 0.367 e. The number of hydrogen-bond acceptors (Lipinski definition) is 5. The molecule has 0 bridgehead atoms. The van der Waals surface area contributed by atoms with Crippen LogP contribution in [0.5, 0.6) is 0 Å². The number of benzene rings is 1. The van der Waals surface area contributed by atoms with Crippen molar-refractivity contribution in [1.82, 2.24) is 9.88 Å². The molecule has 0 radical (unpaired) electrons. The van der Waals surface area contributed by atoms with Crippen LogP contribution >= 0.6 is 11.3 Å². The normalized spacial score (nSPS) is 10.6. The van der Waals surface area contributed by atoms with Gasteiger partial charge in [0, 0.05) is 18.1 Å². The third kappa shape index (κ3) is 8.32. The number of rotatable bonds is 12. The zero-order chi connectivity index (χ0) is 19.3. The molecule has 0 saturated carbocycles. The van der Waals surface area contributed by atoms with Crippen LogP contribution in [-0.2, 0) is 20.9 Å². The van der Waals surface area contributed by atoms with E-state index in [1.165, 1.54) is 11.3 Å². The van der Waals surface area contributed by atoms with Crippen LogP contribution in [0, 0.1) is 0 Å². The summed E-state index contributed by atoms with van der Waals surface area (Å²) in [5.41, 5.74) is 1.02. The van der Waals surface area contributed by atoms with Crippen molar-refractivity contribution in [2.75, 3.05) is 25.0 Å². The summed E-state index contributed by atoms with van der Waals surface area (Å²) in [5.74, 6) is -0.409. The van der Waals surface area contributed by atoms with E-state index in [1.807, 2.05) is 30.3 Å². The fraction of sp³-hybridized carbons (Fsp3) is 0.450. The van der Waals surface area contributed by atoms with E-state index in [0.29, 0.717) is 18.3 Å². The van der Waals surface area contributed by atoms with Crippen molar-refractivity contribution < 1.29 is 14.3 Å². The molecule has 0 spiro atoms. The van der Waals surface area contributed by atoms with Gasteiger partial charge in [0.15, 0.2) is 5.13 Å². The van der Waals surface area contributed by atoms with Crippen LogP contribution < -0.4 is 5.32 Å². The second kappa shape index (κ2) is 12.2. The van der Waals surface area contributed by atoms with Crippen molar-refractivity contribution in [1.29, 1.82) is 0 Å². The third-order valence-corrected chi connectivity index (χ3v) is 4.67. The van der Waals surface area contributed by atoms with Gasteiger partial charge in [-0.15, -0.1) is 11.3 Å². The smallest absolute Gasteiger partial charge is 0.249 e. The van der Waals surface area contributed by atoms with Gasteiger partial charge < -0.3 is 15.0 Å². The monoisotopic (exact) mass is 389 g/mol. The Balaban J connectivity index is 1.83. The predicted octanol–water partition coefficient (Wildman–Crippen LogP) is 3.71. The molecule has 7 heteroatoms. The lowest BCUT2D eigenvalue weighted by molar-refractivity contribution is -0.139. The van der Waals surface area contributed by atoms with Crippen molar-refractivity contribution in [3.8, 4) is 0 Å². The molecule has 0 aliphatic rings. The zero-order valence-corrected chi connectivity index (χ0v) is 16.5. The second-order valence-corrected chi connectivity index (χ2v) is 7.13. The van der Waals surface area contributed by atoms with Gasteiger partial charge in [-0.1, -0.05) is 56.5 Å². The SMILES string of the molecule is CCCCCCN(CC(=O)Nc1nccs1)C(=O)COCc1ccccc1. The van der Waals surface area contributed by atoms with Crippen LogP contribution in [-0.4, -0.2) is 41.4 Å². The van der Waals surface area contributed by atoms with Crippen molar-refractivity contribution in [3.05, 3.63) is 47.5 Å². The Morgan fingerprint density at radius 3 is 2.70 bits per heavy atom. The van der Waals surface area contributed by atoms with Gasteiger partial charge in [0.1, 0.15) is 6.61 Å². The molecule has 2 aromatic rings. The van der Waals surface area contributed by atoms with E-state index in [9.17, 15) is 9.59 Å². The van der Waals surface area contributed by atoms with Crippen LogP contribution in [0.4, 0.5) is 5.13 Å². The number of anilines is 1. The van der Waals surface area contributed by atoms with Gasteiger partial charge >= 0.3 is 0 Å². The Labute approximate surface area is 164 Å². The maximum atomic E-state index is 12.5. The van der Waals surface area contributed by atoms with Gasteiger partial charge in [0.05, 0.1) is 13.2 Å². The molecule has 0 aliphatic carbocycles. The Morgan fingerprint density at radius 2 is 2.00 bits per heavy atom. The quantitative estimate of drug-likeness (QED) is 0.562. The molecule has 0 fully saturated rings. The summed E-state index contributed by atoms with van der Waals surface area (Å²) in [6.07, 6.45) is 5.80. The topological polar surface area (TPSA) is 71.5 Å². The standard InChI is InChI=1S/C20H27N3O3S/c1-2-3-4-8-12-23(14-18(24)22-20-21-11-13-27-20)19(25)16-26-15-17-9-6-5-7-10-17/h5-7,9-11,13H,2-4,8,12,14-16H2,1H3,(H,21,22,24). The number of ether oxygens (including phenoxy) is 1. The zero-order valence-electron chi connectivity index (χ0n) is 15.7. The van der Waals surface area contributed by atoms with Gasteiger partial charge in [-0.25, -0.2) is 4.98 Å². The van der Waals surface area contributed by atoms with E-state index in [-0.39, 0.29) is 25.0 Å². The summed E-state index contributed by atoms with van der Waals surface area (Å²) >= 11 is 1.35. The minimum Gasteiger partial charge on any atom is -0.367 e. The first-order valence-electron chi connectivity index (χ1n) is 9.28. The van der Waals surface area contributed by atoms with Gasteiger partial charge in [0.25, 0.3) is 0 Å². The summed E-state index contributed by atoms with van der Waals surface area (Å²) in [7, 11) is 0. The summed E-state index contributed by atoms with van der Waals surface area (Å²) < 4.78 is 5.54. The molecule has 146 valence electrons. The fourth-order valence-corrected chi connectivity index (χ4v) is 3.11. The molecule has 1 heterocycles. The number of amides is 2. The Kier molecular flexibility index (Phi) is 9.51. The average Bonchev–Trinajstić information content (AvgIpc) is 3.18. The van der Waals surface area contributed by atoms with Gasteiger partial charge in [-0.3, -0.25) is 9.59 Å². The number of thiazole rings is 1. The molecular formula is C20H27N3O3S.